The van der Waals surface area contributed by atoms with Gasteiger partial charge in [-0.05, 0) is 29.7 Å². The van der Waals surface area contributed by atoms with Gasteiger partial charge in [-0.3, -0.25) is 0 Å². The Balaban J connectivity index is 1.97. The van der Waals surface area contributed by atoms with Crippen molar-refractivity contribution < 1.29 is 10.2 Å². The van der Waals surface area contributed by atoms with E-state index >= 15 is 0 Å². The van der Waals surface area contributed by atoms with E-state index in [4.69, 9.17) is 5.11 Å². The molecule has 1 aromatic rings. The highest BCUT2D eigenvalue weighted by Gasteiger charge is 2.45. The molecule has 1 aliphatic rings. The molecule has 1 aromatic carbocycles. The lowest BCUT2D eigenvalue weighted by atomic mass is 9.99. The van der Waals surface area contributed by atoms with Crippen molar-refractivity contribution in [3.8, 4) is 0 Å². The Labute approximate surface area is 90.6 Å². The second-order valence-electron chi connectivity index (χ2n) is 4.58. The second-order valence-corrected chi connectivity index (χ2v) is 4.58. The van der Waals surface area contributed by atoms with Crippen LogP contribution in [0.1, 0.15) is 25.0 Å². The molecule has 0 aliphatic heterocycles. The van der Waals surface area contributed by atoms with E-state index in [-0.39, 0.29) is 12.7 Å². The van der Waals surface area contributed by atoms with Gasteiger partial charge in [0.15, 0.2) is 0 Å². The van der Waals surface area contributed by atoms with Crippen LogP contribution in [-0.4, -0.2) is 16.8 Å². The van der Waals surface area contributed by atoms with Crippen molar-refractivity contribution >= 4 is 0 Å². The molecule has 15 heavy (non-hydrogen) atoms. The Morgan fingerprint density at radius 3 is 2.53 bits per heavy atom. The van der Waals surface area contributed by atoms with E-state index in [0.29, 0.717) is 17.8 Å². The molecule has 0 amide bonds. The molecule has 1 aliphatic carbocycles. The van der Waals surface area contributed by atoms with Gasteiger partial charge in [0.2, 0.25) is 0 Å². The molecule has 0 aromatic heterocycles. The summed E-state index contributed by atoms with van der Waals surface area (Å²) in [6.45, 7) is 2.27. The molecular formula is C13H18O2. The van der Waals surface area contributed by atoms with E-state index in [1.165, 1.54) is 0 Å². The summed E-state index contributed by atoms with van der Waals surface area (Å²) in [5, 5.41) is 19.1. The highest BCUT2D eigenvalue weighted by atomic mass is 16.3. The molecule has 1 fully saturated rings. The first-order valence-electron chi connectivity index (χ1n) is 5.58. The fraction of sp³-hybridized carbons (Fsp3) is 0.538. The standard InChI is InChI=1S/C13H18O2/c1-9(8-14)11-7-12(11)13(15)10-5-3-2-4-6-10/h2-6,9,11-15H,7-8H2,1H3/t9-,11+,12+,13-/m0/s1. The van der Waals surface area contributed by atoms with Crippen molar-refractivity contribution in [2.75, 3.05) is 6.61 Å². The fourth-order valence-electron chi connectivity index (χ4n) is 2.29. The average molecular weight is 206 g/mol. The van der Waals surface area contributed by atoms with E-state index in [0.717, 1.165) is 12.0 Å². The Morgan fingerprint density at radius 1 is 1.27 bits per heavy atom. The summed E-state index contributed by atoms with van der Waals surface area (Å²) in [6, 6.07) is 9.78. The monoisotopic (exact) mass is 206 g/mol. The third-order valence-electron chi connectivity index (χ3n) is 3.46. The van der Waals surface area contributed by atoms with Crippen LogP contribution in [0.3, 0.4) is 0 Å². The molecule has 0 saturated heterocycles. The Morgan fingerprint density at radius 2 is 1.93 bits per heavy atom. The molecule has 2 nitrogen and oxygen atoms in total. The number of hydrogen-bond acceptors (Lipinski definition) is 2. The predicted molar refractivity (Wildman–Crippen MR) is 59.2 cm³/mol. The van der Waals surface area contributed by atoms with Crippen molar-refractivity contribution in [2.45, 2.75) is 19.4 Å². The van der Waals surface area contributed by atoms with Crippen molar-refractivity contribution in [2.24, 2.45) is 17.8 Å². The van der Waals surface area contributed by atoms with E-state index in [9.17, 15) is 5.11 Å². The maximum atomic E-state index is 10.1. The number of hydrogen-bond donors (Lipinski definition) is 2. The van der Waals surface area contributed by atoms with Crippen LogP contribution < -0.4 is 0 Å². The van der Waals surface area contributed by atoms with Crippen LogP contribution in [0.2, 0.25) is 0 Å². The number of aliphatic hydroxyl groups is 2. The van der Waals surface area contributed by atoms with Gasteiger partial charge in [-0.1, -0.05) is 37.3 Å². The first-order valence-corrected chi connectivity index (χ1v) is 5.58. The summed E-state index contributed by atoms with van der Waals surface area (Å²) >= 11 is 0. The summed E-state index contributed by atoms with van der Waals surface area (Å²) in [5.41, 5.74) is 0.995. The van der Waals surface area contributed by atoms with Gasteiger partial charge in [0, 0.05) is 6.61 Å². The lowest BCUT2D eigenvalue weighted by Gasteiger charge is -2.12. The van der Waals surface area contributed by atoms with Crippen molar-refractivity contribution in [1.82, 2.24) is 0 Å². The van der Waals surface area contributed by atoms with E-state index in [2.05, 4.69) is 0 Å². The van der Waals surface area contributed by atoms with Crippen molar-refractivity contribution in [1.29, 1.82) is 0 Å². The van der Waals surface area contributed by atoms with Gasteiger partial charge in [-0.15, -0.1) is 0 Å². The minimum Gasteiger partial charge on any atom is -0.396 e. The minimum absolute atomic E-state index is 0.225. The molecule has 0 unspecified atom stereocenters. The molecule has 1 saturated carbocycles. The van der Waals surface area contributed by atoms with Crippen LogP contribution >= 0.6 is 0 Å². The average Bonchev–Trinajstić information content (AvgIpc) is 3.08. The Kier molecular flexibility index (Phi) is 3.08. The first kappa shape index (κ1) is 10.7. The summed E-state index contributed by atoms with van der Waals surface area (Å²) < 4.78 is 0. The molecule has 2 rings (SSSR count). The predicted octanol–water partition coefficient (Wildman–Crippen LogP) is 1.98. The van der Waals surface area contributed by atoms with E-state index in [1.54, 1.807) is 0 Å². The van der Waals surface area contributed by atoms with Gasteiger partial charge in [0.1, 0.15) is 0 Å². The third kappa shape index (κ3) is 2.21. The molecule has 0 spiro atoms. The maximum absolute atomic E-state index is 10.1. The van der Waals surface area contributed by atoms with Crippen LogP contribution in [0.15, 0.2) is 30.3 Å². The maximum Gasteiger partial charge on any atom is 0.0821 e. The van der Waals surface area contributed by atoms with Gasteiger partial charge >= 0.3 is 0 Å². The highest BCUT2D eigenvalue weighted by Crippen LogP contribution is 2.51. The number of aliphatic hydroxyl groups excluding tert-OH is 2. The van der Waals surface area contributed by atoms with Crippen molar-refractivity contribution in [3.05, 3.63) is 35.9 Å². The number of benzene rings is 1. The smallest absolute Gasteiger partial charge is 0.0821 e. The van der Waals surface area contributed by atoms with Gasteiger partial charge in [-0.25, -0.2) is 0 Å². The molecular weight excluding hydrogens is 188 g/mol. The van der Waals surface area contributed by atoms with Gasteiger partial charge in [0.05, 0.1) is 6.10 Å². The second kappa shape index (κ2) is 4.33. The molecule has 0 bridgehead atoms. The molecule has 4 atom stereocenters. The van der Waals surface area contributed by atoms with Crippen molar-refractivity contribution in [3.63, 3.8) is 0 Å². The normalized spacial score (nSPS) is 28.5. The SMILES string of the molecule is C[C@@H](CO)[C@H]1C[C@H]1[C@@H](O)c1ccccc1. The van der Waals surface area contributed by atoms with Crippen LogP contribution in [0, 0.1) is 17.8 Å². The summed E-state index contributed by atoms with van der Waals surface area (Å²) in [7, 11) is 0. The lowest BCUT2D eigenvalue weighted by Crippen LogP contribution is -2.08. The molecule has 0 radical (unpaired) electrons. The molecule has 82 valence electrons. The van der Waals surface area contributed by atoms with E-state index < -0.39 is 0 Å². The quantitative estimate of drug-likeness (QED) is 0.791. The first-order chi connectivity index (χ1) is 7.24. The fourth-order valence-corrected chi connectivity index (χ4v) is 2.29. The van der Waals surface area contributed by atoms with Crippen LogP contribution in [0.25, 0.3) is 0 Å². The number of rotatable bonds is 4. The zero-order valence-electron chi connectivity index (χ0n) is 9.00. The van der Waals surface area contributed by atoms with Gasteiger partial charge in [-0.2, -0.15) is 0 Å². The van der Waals surface area contributed by atoms with Crippen LogP contribution in [-0.2, 0) is 0 Å². The third-order valence-corrected chi connectivity index (χ3v) is 3.46. The van der Waals surface area contributed by atoms with Gasteiger partial charge < -0.3 is 10.2 Å². The zero-order chi connectivity index (χ0) is 10.8. The molecule has 2 N–H and O–H groups in total. The summed E-state index contributed by atoms with van der Waals surface area (Å²) in [6.07, 6.45) is 0.683. The summed E-state index contributed by atoms with van der Waals surface area (Å²) in [5.74, 6) is 1.15. The zero-order valence-corrected chi connectivity index (χ0v) is 9.00. The minimum atomic E-state index is -0.356. The highest BCUT2D eigenvalue weighted by molar-refractivity contribution is 5.20. The topological polar surface area (TPSA) is 40.5 Å². The van der Waals surface area contributed by atoms with Crippen LogP contribution in [0.4, 0.5) is 0 Å². The Bertz CT molecular complexity index is 310. The van der Waals surface area contributed by atoms with Crippen LogP contribution in [0.5, 0.6) is 0 Å². The summed E-state index contributed by atoms with van der Waals surface area (Å²) in [4.78, 5) is 0. The van der Waals surface area contributed by atoms with E-state index in [1.807, 2.05) is 37.3 Å². The lowest BCUT2D eigenvalue weighted by molar-refractivity contribution is 0.133. The largest absolute Gasteiger partial charge is 0.396 e. The molecule has 0 heterocycles. The Hall–Kier alpha value is -0.860. The molecule has 2 heteroatoms. The van der Waals surface area contributed by atoms with Gasteiger partial charge in [0.25, 0.3) is 0 Å².